The number of hydrogen-bond donors (Lipinski definition) is 1. The maximum atomic E-state index is 9.96. The van der Waals surface area contributed by atoms with Crippen LogP contribution in [0.2, 0.25) is 0 Å². The highest BCUT2D eigenvalue weighted by Crippen LogP contribution is 1.96. The van der Waals surface area contributed by atoms with Crippen molar-refractivity contribution in [1.29, 1.82) is 0 Å². The van der Waals surface area contributed by atoms with Crippen LogP contribution in [-0.4, -0.2) is 17.0 Å². The molecule has 4 heteroatoms. The smallest absolute Gasteiger partial charge is 0.314 e. The van der Waals surface area contributed by atoms with Gasteiger partial charge in [0, 0.05) is 0 Å². The summed E-state index contributed by atoms with van der Waals surface area (Å²) >= 11 is 0. The SMILES string of the molecule is CC(C)C(=O)O.O=C1CC=CO1. The Labute approximate surface area is 70.8 Å². The number of hydrogen-bond acceptors (Lipinski definition) is 3. The third kappa shape index (κ3) is 5.46. The molecule has 0 spiro atoms. The number of aliphatic carboxylic acids is 1. The van der Waals surface area contributed by atoms with Gasteiger partial charge in [-0.05, 0) is 6.08 Å². The Morgan fingerprint density at radius 2 is 2.17 bits per heavy atom. The van der Waals surface area contributed by atoms with Crippen LogP contribution in [0.1, 0.15) is 20.3 Å². The van der Waals surface area contributed by atoms with Crippen molar-refractivity contribution < 1.29 is 19.4 Å². The third-order valence-electron chi connectivity index (χ3n) is 1.07. The average Bonchev–Trinajstić information content (AvgIpc) is 2.40. The lowest BCUT2D eigenvalue weighted by Gasteiger charge is -1.89. The van der Waals surface area contributed by atoms with Crippen LogP contribution in [0.15, 0.2) is 12.3 Å². The summed E-state index contributed by atoms with van der Waals surface area (Å²) in [7, 11) is 0. The molecule has 1 aliphatic rings. The summed E-state index contributed by atoms with van der Waals surface area (Å²) in [6, 6.07) is 0. The predicted molar refractivity (Wildman–Crippen MR) is 42.3 cm³/mol. The van der Waals surface area contributed by atoms with Crippen molar-refractivity contribution in [1.82, 2.24) is 0 Å². The van der Waals surface area contributed by atoms with E-state index in [0.29, 0.717) is 6.42 Å². The van der Waals surface area contributed by atoms with Gasteiger partial charge in [-0.25, -0.2) is 0 Å². The van der Waals surface area contributed by atoms with Crippen LogP contribution in [0.25, 0.3) is 0 Å². The van der Waals surface area contributed by atoms with E-state index < -0.39 is 5.97 Å². The predicted octanol–water partition coefficient (Wildman–Crippen LogP) is 1.17. The number of cyclic esters (lactones) is 1. The van der Waals surface area contributed by atoms with Gasteiger partial charge in [0.25, 0.3) is 0 Å². The first-order chi connectivity index (χ1) is 5.54. The summed E-state index contributed by atoms with van der Waals surface area (Å²) in [4.78, 5) is 19.7. The van der Waals surface area contributed by atoms with Gasteiger partial charge in [-0.1, -0.05) is 13.8 Å². The lowest BCUT2D eigenvalue weighted by Crippen LogP contribution is -2.03. The molecule has 4 nitrogen and oxygen atoms in total. The topological polar surface area (TPSA) is 63.6 Å². The number of carboxylic acids is 1. The Hall–Kier alpha value is -1.32. The fraction of sp³-hybridized carbons (Fsp3) is 0.500. The zero-order chi connectivity index (χ0) is 9.56. The molecule has 0 fully saturated rings. The molecule has 0 bridgehead atoms. The molecule has 0 saturated carbocycles. The molecular weight excluding hydrogens is 160 g/mol. The minimum atomic E-state index is -0.741. The van der Waals surface area contributed by atoms with Crippen LogP contribution in [0, 0.1) is 5.92 Å². The molecule has 0 aromatic carbocycles. The molecule has 0 aliphatic carbocycles. The van der Waals surface area contributed by atoms with E-state index in [9.17, 15) is 9.59 Å². The molecule has 0 saturated heterocycles. The molecule has 1 N–H and O–H groups in total. The molecule has 0 unspecified atom stereocenters. The average molecular weight is 172 g/mol. The highest BCUT2D eigenvalue weighted by Gasteiger charge is 2.00. The van der Waals surface area contributed by atoms with E-state index in [4.69, 9.17) is 5.11 Å². The van der Waals surface area contributed by atoms with Crippen LogP contribution in [-0.2, 0) is 14.3 Å². The fourth-order valence-electron chi connectivity index (χ4n) is 0.316. The van der Waals surface area contributed by atoms with E-state index in [-0.39, 0.29) is 11.9 Å². The van der Waals surface area contributed by atoms with E-state index in [2.05, 4.69) is 4.74 Å². The van der Waals surface area contributed by atoms with Crippen molar-refractivity contribution in [3.63, 3.8) is 0 Å². The second-order valence-corrected chi connectivity index (χ2v) is 2.56. The summed E-state index contributed by atoms with van der Waals surface area (Å²) < 4.78 is 4.33. The number of carboxylic acid groups (broad SMARTS) is 1. The third-order valence-corrected chi connectivity index (χ3v) is 1.07. The highest BCUT2D eigenvalue weighted by molar-refractivity contribution is 5.73. The Morgan fingerprint density at radius 1 is 1.67 bits per heavy atom. The molecule has 0 atom stereocenters. The zero-order valence-corrected chi connectivity index (χ0v) is 7.11. The molecular formula is C8H12O4. The van der Waals surface area contributed by atoms with Gasteiger partial charge in [0.1, 0.15) is 0 Å². The van der Waals surface area contributed by atoms with Crippen molar-refractivity contribution in [2.45, 2.75) is 20.3 Å². The van der Waals surface area contributed by atoms with Gasteiger partial charge in [0.2, 0.25) is 0 Å². The lowest BCUT2D eigenvalue weighted by atomic mass is 10.2. The van der Waals surface area contributed by atoms with E-state index in [0.717, 1.165) is 0 Å². The van der Waals surface area contributed by atoms with E-state index in [1.165, 1.54) is 6.26 Å². The normalized spacial score (nSPS) is 13.8. The summed E-state index contributed by atoms with van der Waals surface area (Å²) in [6.45, 7) is 3.28. The summed E-state index contributed by atoms with van der Waals surface area (Å²) in [5.74, 6) is -1.13. The zero-order valence-electron chi connectivity index (χ0n) is 7.11. The molecule has 12 heavy (non-hydrogen) atoms. The minimum Gasteiger partial charge on any atom is -0.481 e. The first-order valence-electron chi connectivity index (χ1n) is 3.61. The first-order valence-corrected chi connectivity index (χ1v) is 3.61. The monoisotopic (exact) mass is 172 g/mol. The lowest BCUT2D eigenvalue weighted by molar-refractivity contribution is -0.140. The first kappa shape index (κ1) is 10.7. The molecule has 0 aromatic heterocycles. The number of esters is 1. The number of rotatable bonds is 1. The standard InChI is InChI=1S/C4H4O2.C4H8O2/c5-4-2-1-3-6-4;1-3(2)4(5)6/h1,3H,2H2;3H,1-2H3,(H,5,6). The van der Waals surface area contributed by atoms with Gasteiger partial charge in [-0.15, -0.1) is 0 Å². The largest absolute Gasteiger partial charge is 0.481 e. The van der Waals surface area contributed by atoms with Gasteiger partial charge in [0.05, 0.1) is 18.6 Å². The van der Waals surface area contributed by atoms with Gasteiger partial charge in [-0.3, -0.25) is 9.59 Å². The second-order valence-electron chi connectivity index (χ2n) is 2.56. The van der Waals surface area contributed by atoms with Crippen LogP contribution >= 0.6 is 0 Å². The van der Waals surface area contributed by atoms with Crippen LogP contribution < -0.4 is 0 Å². The Bertz CT molecular complexity index is 181. The molecule has 68 valence electrons. The van der Waals surface area contributed by atoms with E-state index >= 15 is 0 Å². The van der Waals surface area contributed by atoms with Crippen molar-refractivity contribution in [2.24, 2.45) is 5.92 Å². The summed E-state index contributed by atoms with van der Waals surface area (Å²) in [6.07, 6.45) is 3.53. The van der Waals surface area contributed by atoms with Crippen molar-refractivity contribution in [3.05, 3.63) is 12.3 Å². The molecule has 0 aromatic rings. The van der Waals surface area contributed by atoms with Gasteiger partial charge < -0.3 is 9.84 Å². The molecule has 1 heterocycles. The minimum absolute atomic E-state index is 0.157. The molecule has 1 rings (SSSR count). The Balaban J connectivity index is 0.000000202. The number of carbonyl (C=O) groups is 2. The summed E-state index contributed by atoms with van der Waals surface area (Å²) in [5.41, 5.74) is 0. The summed E-state index contributed by atoms with van der Waals surface area (Å²) in [5, 5.41) is 7.99. The maximum Gasteiger partial charge on any atom is 0.314 e. The molecule has 0 radical (unpaired) electrons. The van der Waals surface area contributed by atoms with Crippen LogP contribution in [0.5, 0.6) is 0 Å². The number of ether oxygens (including phenoxy) is 1. The van der Waals surface area contributed by atoms with E-state index in [1.807, 2.05) is 0 Å². The quantitative estimate of drug-likeness (QED) is 0.603. The van der Waals surface area contributed by atoms with Gasteiger partial charge in [0.15, 0.2) is 0 Å². The van der Waals surface area contributed by atoms with Crippen molar-refractivity contribution >= 4 is 11.9 Å². The van der Waals surface area contributed by atoms with Crippen LogP contribution in [0.4, 0.5) is 0 Å². The maximum absolute atomic E-state index is 9.96. The Morgan fingerprint density at radius 3 is 2.25 bits per heavy atom. The fourth-order valence-corrected chi connectivity index (χ4v) is 0.316. The second kappa shape index (κ2) is 5.35. The van der Waals surface area contributed by atoms with E-state index in [1.54, 1.807) is 19.9 Å². The van der Waals surface area contributed by atoms with Crippen molar-refractivity contribution in [2.75, 3.05) is 0 Å². The van der Waals surface area contributed by atoms with Crippen molar-refractivity contribution in [3.8, 4) is 0 Å². The Kier molecular flexibility index (Phi) is 4.76. The molecule has 1 aliphatic heterocycles. The van der Waals surface area contributed by atoms with Gasteiger partial charge in [-0.2, -0.15) is 0 Å². The number of carbonyl (C=O) groups excluding carboxylic acids is 1. The van der Waals surface area contributed by atoms with Gasteiger partial charge >= 0.3 is 11.9 Å². The van der Waals surface area contributed by atoms with Crippen LogP contribution in [0.3, 0.4) is 0 Å². The molecule has 0 amide bonds. The highest BCUT2D eigenvalue weighted by atomic mass is 16.5.